The van der Waals surface area contributed by atoms with Gasteiger partial charge in [0.15, 0.2) is 11.5 Å². The molecule has 7 heteroatoms. The maximum absolute atomic E-state index is 12.4. The van der Waals surface area contributed by atoms with Gasteiger partial charge in [-0.05, 0) is 34.9 Å². The van der Waals surface area contributed by atoms with E-state index in [0.717, 1.165) is 5.56 Å². The maximum Gasteiger partial charge on any atom is 0.255 e. The van der Waals surface area contributed by atoms with Crippen molar-refractivity contribution in [3.63, 3.8) is 0 Å². The van der Waals surface area contributed by atoms with Crippen LogP contribution in [0, 0.1) is 0 Å². The van der Waals surface area contributed by atoms with Gasteiger partial charge in [-0.2, -0.15) is 11.3 Å². The molecule has 0 saturated carbocycles. The van der Waals surface area contributed by atoms with Gasteiger partial charge in [0.2, 0.25) is 5.91 Å². The molecule has 0 atom stereocenters. The van der Waals surface area contributed by atoms with E-state index in [1.165, 1.54) is 19.1 Å². The van der Waals surface area contributed by atoms with Gasteiger partial charge in [0, 0.05) is 26.6 Å². The summed E-state index contributed by atoms with van der Waals surface area (Å²) in [7, 11) is 6.32. The quantitative estimate of drug-likeness (QED) is 0.822. The third-order valence-electron chi connectivity index (χ3n) is 3.66. The van der Waals surface area contributed by atoms with Gasteiger partial charge in [0.1, 0.15) is 0 Å². The van der Waals surface area contributed by atoms with Gasteiger partial charge < -0.3 is 19.7 Å². The number of amides is 2. The van der Waals surface area contributed by atoms with Crippen LogP contribution in [0.2, 0.25) is 0 Å². The van der Waals surface area contributed by atoms with Crippen LogP contribution in [-0.2, 0) is 11.2 Å². The Bertz CT molecular complexity index is 742. The summed E-state index contributed by atoms with van der Waals surface area (Å²) in [5.41, 5.74) is 1.88. The van der Waals surface area contributed by atoms with E-state index in [1.807, 2.05) is 16.8 Å². The average Bonchev–Trinajstić information content (AvgIpc) is 3.12. The van der Waals surface area contributed by atoms with E-state index < -0.39 is 0 Å². The molecule has 6 nitrogen and oxygen atoms in total. The summed E-state index contributed by atoms with van der Waals surface area (Å²) in [6.07, 6.45) is 0.986. The molecule has 0 saturated heterocycles. The number of hydrogen-bond acceptors (Lipinski definition) is 5. The summed E-state index contributed by atoms with van der Waals surface area (Å²) >= 11 is 1.60. The average molecular weight is 362 g/mol. The van der Waals surface area contributed by atoms with Crippen LogP contribution in [0.5, 0.6) is 11.5 Å². The standard InChI is InChI=1S/C18H22N2O4S/c1-20(2)18(22)13-9-15(23-3)16(24-4)10-14(13)19-17(21)6-5-12-7-8-25-11-12/h7-11H,5-6H2,1-4H3,(H,19,21). The Morgan fingerprint density at radius 2 is 1.84 bits per heavy atom. The van der Waals surface area contributed by atoms with Gasteiger partial charge in [-0.3, -0.25) is 9.59 Å². The topological polar surface area (TPSA) is 67.9 Å². The predicted molar refractivity (Wildman–Crippen MR) is 98.8 cm³/mol. The molecular weight excluding hydrogens is 340 g/mol. The Labute approximate surface area is 151 Å². The molecule has 0 spiro atoms. The largest absolute Gasteiger partial charge is 0.493 e. The lowest BCUT2D eigenvalue weighted by Crippen LogP contribution is -2.24. The van der Waals surface area contributed by atoms with Gasteiger partial charge in [0.05, 0.1) is 25.5 Å². The lowest BCUT2D eigenvalue weighted by atomic mass is 10.1. The number of carbonyl (C=O) groups excluding carboxylic acids is 2. The van der Waals surface area contributed by atoms with E-state index in [-0.39, 0.29) is 11.8 Å². The second-order valence-corrected chi connectivity index (χ2v) is 6.41. The third-order valence-corrected chi connectivity index (χ3v) is 4.39. The highest BCUT2D eigenvalue weighted by Crippen LogP contribution is 2.34. The fourth-order valence-electron chi connectivity index (χ4n) is 2.31. The fraction of sp³-hybridized carbons (Fsp3) is 0.333. The summed E-state index contributed by atoms with van der Waals surface area (Å²) in [4.78, 5) is 26.2. The molecule has 1 aromatic heterocycles. The number of rotatable bonds is 7. The number of benzene rings is 1. The molecule has 1 N–H and O–H groups in total. The molecule has 0 aliphatic carbocycles. The first-order chi connectivity index (χ1) is 12.0. The lowest BCUT2D eigenvalue weighted by molar-refractivity contribution is -0.116. The number of nitrogens with one attached hydrogen (secondary N) is 1. The highest BCUT2D eigenvalue weighted by atomic mass is 32.1. The fourth-order valence-corrected chi connectivity index (χ4v) is 3.01. The number of thiophene rings is 1. The van der Waals surface area contributed by atoms with Crippen molar-refractivity contribution in [1.29, 1.82) is 0 Å². The molecule has 1 heterocycles. The van der Waals surface area contributed by atoms with Crippen LogP contribution in [0.15, 0.2) is 29.0 Å². The minimum atomic E-state index is -0.228. The van der Waals surface area contributed by atoms with Crippen molar-refractivity contribution in [3.05, 3.63) is 40.1 Å². The van der Waals surface area contributed by atoms with Crippen molar-refractivity contribution in [2.45, 2.75) is 12.8 Å². The maximum atomic E-state index is 12.4. The molecule has 0 unspecified atom stereocenters. The third kappa shape index (κ3) is 4.73. The molecular formula is C18H22N2O4S. The molecule has 2 rings (SSSR count). The number of aryl methyl sites for hydroxylation is 1. The van der Waals surface area contributed by atoms with Crippen molar-refractivity contribution in [3.8, 4) is 11.5 Å². The van der Waals surface area contributed by atoms with E-state index in [2.05, 4.69) is 5.32 Å². The monoisotopic (exact) mass is 362 g/mol. The summed E-state index contributed by atoms with van der Waals surface area (Å²) in [6.45, 7) is 0. The minimum Gasteiger partial charge on any atom is -0.493 e. The first-order valence-corrected chi connectivity index (χ1v) is 8.69. The smallest absolute Gasteiger partial charge is 0.255 e. The number of hydrogen-bond donors (Lipinski definition) is 1. The zero-order chi connectivity index (χ0) is 18.4. The minimum absolute atomic E-state index is 0.161. The Morgan fingerprint density at radius 3 is 2.40 bits per heavy atom. The van der Waals surface area contributed by atoms with E-state index in [0.29, 0.717) is 35.6 Å². The second-order valence-electron chi connectivity index (χ2n) is 5.63. The van der Waals surface area contributed by atoms with Crippen molar-refractivity contribution in [1.82, 2.24) is 4.90 Å². The summed E-state index contributed by atoms with van der Waals surface area (Å²) in [5, 5.41) is 6.82. The normalized spacial score (nSPS) is 10.2. The van der Waals surface area contributed by atoms with Crippen molar-refractivity contribution in [2.24, 2.45) is 0 Å². The van der Waals surface area contributed by atoms with Crippen LogP contribution < -0.4 is 14.8 Å². The summed E-state index contributed by atoms with van der Waals surface area (Å²) in [6, 6.07) is 5.18. The zero-order valence-electron chi connectivity index (χ0n) is 14.8. The highest BCUT2D eigenvalue weighted by molar-refractivity contribution is 7.07. The molecule has 1 aromatic carbocycles. The van der Waals surface area contributed by atoms with Crippen molar-refractivity contribution < 1.29 is 19.1 Å². The molecule has 2 aromatic rings. The highest BCUT2D eigenvalue weighted by Gasteiger charge is 2.19. The van der Waals surface area contributed by atoms with E-state index >= 15 is 0 Å². The Hall–Kier alpha value is -2.54. The molecule has 0 fully saturated rings. The Balaban J connectivity index is 2.24. The van der Waals surface area contributed by atoms with Crippen LogP contribution in [0.3, 0.4) is 0 Å². The molecule has 0 radical (unpaired) electrons. The van der Waals surface area contributed by atoms with Crippen LogP contribution in [0.25, 0.3) is 0 Å². The molecule has 0 bridgehead atoms. The van der Waals surface area contributed by atoms with E-state index in [4.69, 9.17) is 9.47 Å². The van der Waals surface area contributed by atoms with Gasteiger partial charge in [-0.15, -0.1) is 0 Å². The van der Waals surface area contributed by atoms with Crippen molar-refractivity contribution in [2.75, 3.05) is 33.6 Å². The molecule has 25 heavy (non-hydrogen) atoms. The summed E-state index contributed by atoms with van der Waals surface area (Å²) in [5.74, 6) is 0.496. The lowest BCUT2D eigenvalue weighted by Gasteiger charge is -2.18. The van der Waals surface area contributed by atoms with E-state index in [1.54, 1.807) is 37.6 Å². The van der Waals surface area contributed by atoms with Gasteiger partial charge in [-0.25, -0.2) is 0 Å². The van der Waals surface area contributed by atoms with E-state index in [9.17, 15) is 9.59 Å². The zero-order valence-corrected chi connectivity index (χ0v) is 15.6. The van der Waals surface area contributed by atoms with Gasteiger partial charge >= 0.3 is 0 Å². The first-order valence-electron chi connectivity index (χ1n) is 7.74. The van der Waals surface area contributed by atoms with Gasteiger partial charge in [0.25, 0.3) is 5.91 Å². The SMILES string of the molecule is COc1cc(NC(=O)CCc2ccsc2)c(C(=O)N(C)C)cc1OC. The van der Waals surface area contributed by atoms with Crippen LogP contribution in [-0.4, -0.2) is 45.0 Å². The second kappa shape index (κ2) is 8.53. The van der Waals surface area contributed by atoms with Crippen LogP contribution in [0.4, 0.5) is 5.69 Å². The molecule has 134 valence electrons. The van der Waals surface area contributed by atoms with Crippen LogP contribution in [0.1, 0.15) is 22.3 Å². The molecule has 0 aliphatic rings. The number of nitrogens with zero attached hydrogens (tertiary/aromatic N) is 1. The Kier molecular flexibility index (Phi) is 6.41. The number of methoxy groups -OCH3 is 2. The molecule has 2 amide bonds. The van der Waals surface area contributed by atoms with Crippen LogP contribution >= 0.6 is 11.3 Å². The van der Waals surface area contributed by atoms with Gasteiger partial charge in [-0.1, -0.05) is 0 Å². The predicted octanol–water partition coefficient (Wildman–Crippen LogP) is 3.04. The van der Waals surface area contributed by atoms with Crippen molar-refractivity contribution >= 4 is 28.8 Å². The number of carbonyl (C=O) groups is 2. The first kappa shape index (κ1) is 18.8. The number of anilines is 1. The summed E-state index contributed by atoms with van der Waals surface area (Å²) < 4.78 is 10.5. The molecule has 0 aliphatic heterocycles. The Morgan fingerprint density at radius 1 is 1.16 bits per heavy atom. The number of ether oxygens (including phenoxy) is 2.